The molecule has 2 atom stereocenters. The molecule has 3 amide bonds. The number of urea groups is 1. The van der Waals surface area contributed by atoms with E-state index in [1.807, 2.05) is 0 Å². The Kier molecular flexibility index (Phi) is 2.68. The van der Waals surface area contributed by atoms with E-state index in [4.69, 9.17) is 0 Å². The van der Waals surface area contributed by atoms with Crippen molar-refractivity contribution in [3.05, 3.63) is 25.3 Å². The number of amides is 3. The van der Waals surface area contributed by atoms with Crippen molar-refractivity contribution in [2.45, 2.75) is 18.6 Å². The van der Waals surface area contributed by atoms with Gasteiger partial charge >= 0.3 is 6.03 Å². The topological polar surface area (TPSA) is 52.7 Å². The molecular formula is C11H15N3O2. The number of rotatable bonds is 4. The zero-order chi connectivity index (χ0) is 11.7. The van der Waals surface area contributed by atoms with E-state index in [1.54, 1.807) is 22.0 Å². The number of carbonyl (C=O) groups is 2. The van der Waals surface area contributed by atoms with Crippen molar-refractivity contribution >= 4 is 11.9 Å². The zero-order valence-corrected chi connectivity index (χ0v) is 9.06. The summed E-state index contributed by atoms with van der Waals surface area (Å²) in [5.74, 6) is 0.0592. The van der Waals surface area contributed by atoms with Gasteiger partial charge in [0, 0.05) is 13.1 Å². The van der Waals surface area contributed by atoms with E-state index in [9.17, 15) is 9.59 Å². The van der Waals surface area contributed by atoms with E-state index < -0.39 is 0 Å². The first-order valence-electron chi connectivity index (χ1n) is 5.27. The lowest BCUT2D eigenvalue weighted by molar-refractivity contribution is -0.128. The first-order chi connectivity index (χ1) is 7.69. The molecule has 2 rings (SSSR count). The number of likely N-dealkylation sites (tertiary alicyclic amines) is 1. The molecule has 0 aromatic rings. The molecule has 2 unspecified atom stereocenters. The van der Waals surface area contributed by atoms with Crippen molar-refractivity contribution in [2.24, 2.45) is 0 Å². The minimum atomic E-state index is -0.210. The van der Waals surface area contributed by atoms with Gasteiger partial charge in [-0.25, -0.2) is 4.79 Å². The maximum absolute atomic E-state index is 11.7. The van der Waals surface area contributed by atoms with Crippen molar-refractivity contribution in [1.29, 1.82) is 0 Å². The highest BCUT2D eigenvalue weighted by molar-refractivity contribution is 5.86. The molecule has 1 N–H and O–H groups in total. The minimum Gasteiger partial charge on any atom is -0.316 e. The van der Waals surface area contributed by atoms with Gasteiger partial charge in [-0.15, -0.1) is 13.2 Å². The molecule has 2 aliphatic heterocycles. The van der Waals surface area contributed by atoms with E-state index in [-0.39, 0.29) is 24.1 Å². The van der Waals surface area contributed by atoms with Crippen LogP contribution in [0.3, 0.4) is 0 Å². The van der Waals surface area contributed by atoms with Crippen LogP contribution in [0.5, 0.6) is 0 Å². The van der Waals surface area contributed by atoms with Crippen LogP contribution in [0.2, 0.25) is 0 Å². The normalized spacial score (nSPS) is 28.0. The fourth-order valence-corrected chi connectivity index (χ4v) is 2.30. The second-order valence-electron chi connectivity index (χ2n) is 3.94. The monoisotopic (exact) mass is 221 g/mol. The van der Waals surface area contributed by atoms with Crippen LogP contribution in [0.4, 0.5) is 4.79 Å². The molecule has 0 aromatic carbocycles. The van der Waals surface area contributed by atoms with Gasteiger partial charge in [-0.3, -0.25) is 4.79 Å². The second-order valence-corrected chi connectivity index (χ2v) is 3.94. The van der Waals surface area contributed by atoms with Crippen molar-refractivity contribution < 1.29 is 9.59 Å². The van der Waals surface area contributed by atoms with Crippen LogP contribution >= 0.6 is 0 Å². The number of hydrogen-bond acceptors (Lipinski definition) is 2. The summed E-state index contributed by atoms with van der Waals surface area (Å²) in [6, 6.07) is -0.200. The van der Waals surface area contributed by atoms with Gasteiger partial charge in [0.25, 0.3) is 0 Å². The maximum Gasteiger partial charge on any atom is 0.319 e. The van der Waals surface area contributed by atoms with Gasteiger partial charge in [0.1, 0.15) is 6.17 Å². The minimum absolute atomic E-state index is 0.0592. The zero-order valence-electron chi connectivity index (χ0n) is 9.06. The van der Waals surface area contributed by atoms with Gasteiger partial charge in [0.05, 0.1) is 12.5 Å². The third kappa shape index (κ3) is 1.48. The summed E-state index contributed by atoms with van der Waals surface area (Å²) in [5, 5.41) is 2.81. The average Bonchev–Trinajstić information content (AvgIpc) is 2.69. The molecule has 0 saturated carbocycles. The Bertz CT molecular complexity index is 319. The summed E-state index contributed by atoms with van der Waals surface area (Å²) >= 11 is 0. The molecule has 0 spiro atoms. The highest BCUT2D eigenvalue weighted by Crippen LogP contribution is 2.27. The summed E-state index contributed by atoms with van der Waals surface area (Å²) in [4.78, 5) is 26.6. The lowest BCUT2D eigenvalue weighted by Crippen LogP contribution is -2.43. The first kappa shape index (κ1) is 10.7. The van der Waals surface area contributed by atoms with E-state index >= 15 is 0 Å². The summed E-state index contributed by atoms with van der Waals surface area (Å²) < 4.78 is 0. The van der Waals surface area contributed by atoms with Crippen LogP contribution in [-0.4, -0.2) is 47.0 Å². The van der Waals surface area contributed by atoms with Crippen LogP contribution in [0, 0.1) is 0 Å². The maximum atomic E-state index is 11.7. The van der Waals surface area contributed by atoms with Crippen molar-refractivity contribution in [2.75, 3.05) is 13.1 Å². The van der Waals surface area contributed by atoms with Gasteiger partial charge < -0.3 is 15.1 Å². The standard InChI is InChI=1S/C11H15N3O2/c1-3-5-13-8-7-9(15)14(6-4-2)10(8)12-11(13)16/h3-4,8,10H,1-2,5-7H2,(H,12,16). The fourth-order valence-electron chi connectivity index (χ4n) is 2.30. The average molecular weight is 221 g/mol. The lowest BCUT2D eigenvalue weighted by atomic mass is 10.2. The molecule has 5 heteroatoms. The number of carbonyl (C=O) groups excluding carboxylic acids is 2. The van der Waals surface area contributed by atoms with Crippen LogP contribution in [0.25, 0.3) is 0 Å². The van der Waals surface area contributed by atoms with Crippen molar-refractivity contribution in [1.82, 2.24) is 15.1 Å². The molecule has 2 fully saturated rings. The van der Waals surface area contributed by atoms with E-state index in [1.165, 1.54) is 0 Å². The van der Waals surface area contributed by atoms with Gasteiger partial charge in [0.15, 0.2) is 0 Å². The summed E-state index contributed by atoms with van der Waals surface area (Å²) in [7, 11) is 0. The number of nitrogens with one attached hydrogen (secondary N) is 1. The lowest BCUT2D eigenvalue weighted by Gasteiger charge is -2.22. The molecule has 0 bridgehead atoms. The molecule has 0 aromatic heterocycles. The molecule has 0 aliphatic carbocycles. The van der Waals surface area contributed by atoms with Crippen LogP contribution in [0.1, 0.15) is 6.42 Å². The summed E-state index contributed by atoms with van der Waals surface area (Å²) in [6.45, 7) is 8.17. The Labute approximate surface area is 94.4 Å². The van der Waals surface area contributed by atoms with Crippen LogP contribution in [0.15, 0.2) is 25.3 Å². The van der Waals surface area contributed by atoms with Gasteiger partial charge in [-0.1, -0.05) is 12.2 Å². The summed E-state index contributed by atoms with van der Waals surface area (Å²) in [5.41, 5.74) is 0. The third-order valence-corrected chi connectivity index (χ3v) is 2.99. The smallest absolute Gasteiger partial charge is 0.316 e. The Morgan fingerprint density at radius 3 is 2.50 bits per heavy atom. The number of fused-ring (bicyclic) bond motifs is 1. The van der Waals surface area contributed by atoms with Gasteiger partial charge in [0.2, 0.25) is 5.91 Å². The Morgan fingerprint density at radius 2 is 1.88 bits per heavy atom. The SMILES string of the molecule is C=CCN1C(=O)NC2C1CC(=O)N2CC=C. The van der Waals surface area contributed by atoms with Crippen LogP contribution < -0.4 is 5.32 Å². The summed E-state index contributed by atoms with van der Waals surface area (Å²) in [6.07, 6.45) is 3.51. The number of hydrogen-bond donors (Lipinski definition) is 1. The molecule has 86 valence electrons. The van der Waals surface area contributed by atoms with Crippen molar-refractivity contribution in [3.63, 3.8) is 0 Å². The molecule has 5 nitrogen and oxygen atoms in total. The highest BCUT2D eigenvalue weighted by Gasteiger charge is 2.49. The van der Waals surface area contributed by atoms with E-state index in [0.717, 1.165) is 0 Å². The molecular weight excluding hydrogens is 206 g/mol. The predicted octanol–water partition coefficient (Wildman–Crippen LogP) is 0.311. The Morgan fingerprint density at radius 1 is 1.25 bits per heavy atom. The molecule has 16 heavy (non-hydrogen) atoms. The predicted molar refractivity (Wildman–Crippen MR) is 59.5 cm³/mol. The van der Waals surface area contributed by atoms with E-state index in [2.05, 4.69) is 18.5 Å². The van der Waals surface area contributed by atoms with Gasteiger partial charge in [-0.05, 0) is 0 Å². The molecule has 2 heterocycles. The van der Waals surface area contributed by atoms with Crippen LogP contribution in [-0.2, 0) is 4.79 Å². The fraction of sp³-hybridized carbons (Fsp3) is 0.455. The Hall–Kier alpha value is -1.78. The molecule has 0 radical (unpaired) electrons. The molecule has 2 aliphatic rings. The number of nitrogens with zero attached hydrogens (tertiary/aromatic N) is 2. The Balaban J connectivity index is 2.17. The molecule has 2 saturated heterocycles. The van der Waals surface area contributed by atoms with Gasteiger partial charge in [-0.2, -0.15) is 0 Å². The van der Waals surface area contributed by atoms with Crippen molar-refractivity contribution in [3.8, 4) is 0 Å². The first-order valence-corrected chi connectivity index (χ1v) is 5.27. The second kappa shape index (κ2) is 4.00. The quantitative estimate of drug-likeness (QED) is 0.695. The largest absolute Gasteiger partial charge is 0.319 e. The third-order valence-electron chi connectivity index (χ3n) is 2.99. The highest BCUT2D eigenvalue weighted by atomic mass is 16.2. The van der Waals surface area contributed by atoms with E-state index in [0.29, 0.717) is 19.5 Å².